The van der Waals surface area contributed by atoms with Crippen LogP contribution < -0.4 is 10.0 Å². The number of nitrogens with one attached hydrogen (secondary N) is 2. The van der Waals surface area contributed by atoms with Crippen molar-refractivity contribution >= 4 is 15.9 Å². The highest BCUT2D eigenvalue weighted by atomic mass is 32.2. The van der Waals surface area contributed by atoms with Crippen LogP contribution in [0.2, 0.25) is 0 Å². The van der Waals surface area contributed by atoms with Crippen LogP contribution in [0, 0.1) is 5.82 Å². The van der Waals surface area contributed by atoms with Crippen molar-refractivity contribution in [1.29, 1.82) is 0 Å². The first-order valence-electron chi connectivity index (χ1n) is 7.55. The molecule has 1 atom stereocenters. The van der Waals surface area contributed by atoms with Crippen molar-refractivity contribution in [2.75, 3.05) is 18.9 Å². The van der Waals surface area contributed by atoms with E-state index in [0.717, 1.165) is 12.8 Å². The van der Waals surface area contributed by atoms with Gasteiger partial charge in [0.05, 0.1) is 18.3 Å². The molecule has 0 spiro atoms. The summed E-state index contributed by atoms with van der Waals surface area (Å²) in [4.78, 5) is 11.7. The van der Waals surface area contributed by atoms with Gasteiger partial charge in [0.25, 0.3) is 0 Å². The third-order valence-corrected chi connectivity index (χ3v) is 4.87. The minimum Gasteiger partial charge on any atom is -0.378 e. The topological polar surface area (TPSA) is 84.5 Å². The van der Waals surface area contributed by atoms with Gasteiger partial charge in [0.15, 0.2) is 0 Å². The smallest absolute Gasteiger partial charge is 0.222 e. The molecule has 1 aliphatic rings. The molecule has 1 aromatic carbocycles. The largest absolute Gasteiger partial charge is 0.378 e. The summed E-state index contributed by atoms with van der Waals surface area (Å²) in [5.41, 5.74) is 0.664. The molecule has 1 saturated heterocycles. The van der Waals surface area contributed by atoms with Gasteiger partial charge >= 0.3 is 0 Å². The Morgan fingerprint density at radius 1 is 1.30 bits per heavy atom. The van der Waals surface area contributed by atoms with Gasteiger partial charge in [-0.15, -0.1) is 0 Å². The van der Waals surface area contributed by atoms with Crippen LogP contribution in [0.15, 0.2) is 24.3 Å². The molecule has 0 aliphatic carbocycles. The second-order valence-electron chi connectivity index (χ2n) is 5.46. The van der Waals surface area contributed by atoms with E-state index >= 15 is 0 Å². The van der Waals surface area contributed by atoms with Gasteiger partial charge in [-0.25, -0.2) is 17.5 Å². The van der Waals surface area contributed by atoms with Crippen LogP contribution in [0.4, 0.5) is 4.39 Å². The third kappa shape index (κ3) is 6.64. The van der Waals surface area contributed by atoms with Gasteiger partial charge in [-0.1, -0.05) is 12.1 Å². The minimum atomic E-state index is -3.50. The van der Waals surface area contributed by atoms with Crippen molar-refractivity contribution in [3.8, 4) is 0 Å². The van der Waals surface area contributed by atoms with E-state index in [-0.39, 0.29) is 43.1 Å². The monoisotopic (exact) mass is 344 g/mol. The van der Waals surface area contributed by atoms with Crippen LogP contribution in [-0.2, 0) is 26.1 Å². The first-order valence-corrected chi connectivity index (χ1v) is 9.20. The standard InChI is InChI=1S/C15H21FN2O4S/c16-13-5-3-12(4-6-13)11-18-23(20,21)9-7-17-15(19)10-14-2-1-8-22-14/h3-6,14,18H,1-2,7-11H2,(H,17,19)/t14-/m0/s1. The molecule has 23 heavy (non-hydrogen) atoms. The number of benzene rings is 1. The highest BCUT2D eigenvalue weighted by Gasteiger charge is 2.19. The predicted octanol–water partition coefficient (Wildman–Crippen LogP) is 0.930. The highest BCUT2D eigenvalue weighted by molar-refractivity contribution is 7.89. The highest BCUT2D eigenvalue weighted by Crippen LogP contribution is 2.14. The predicted molar refractivity (Wildman–Crippen MR) is 83.6 cm³/mol. The summed E-state index contributed by atoms with van der Waals surface area (Å²) in [5, 5.41) is 2.58. The summed E-state index contributed by atoms with van der Waals surface area (Å²) in [6, 6.07) is 5.58. The van der Waals surface area contributed by atoms with E-state index in [0.29, 0.717) is 12.2 Å². The summed E-state index contributed by atoms with van der Waals surface area (Å²) in [6.45, 7) is 0.816. The molecule has 1 aliphatic heterocycles. The van der Waals surface area contributed by atoms with Crippen molar-refractivity contribution in [1.82, 2.24) is 10.0 Å². The lowest BCUT2D eigenvalue weighted by Crippen LogP contribution is -2.35. The van der Waals surface area contributed by atoms with Crippen molar-refractivity contribution in [3.05, 3.63) is 35.6 Å². The molecule has 1 fully saturated rings. The molecule has 2 N–H and O–H groups in total. The Morgan fingerprint density at radius 3 is 2.70 bits per heavy atom. The molecule has 8 heteroatoms. The first kappa shape index (κ1) is 17.8. The Hall–Kier alpha value is -1.51. The molecule has 1 heterocycles. The van der Waals surface area contributed by atoms with E-state index in [1.165, 1.54) is 24.3 Å². The average molecular weight is 344 g/mol. The molecule has 0 bridgehead atoms. The quantitative estimate of drug-likeness (QED) is 0.735. The van der Waals surface area contributed by atoms with Crippen molar-refractivity contribution in [2.24, 2.45) is 0 Å². The normalized spacial score (nSPS) is 18.0. The molecule has 0 saturated carbocycles. The number of sulfonamides is 1. The molecule has 6 nitrogen and oxygen atoms in total. The van der Waals surface area contributed by atoms with Gasteiger partial charge in [0.1, 0.15) is 5.82 Å². The van der Waals surface area contributed by atoms with Crippen LogP contribution in [0.5, 0.6) is 0 Å². The van der Waals surface area contributed by atoms with Crippen LogP contribution in [0.3, 0.4) is 0 Å². The fourth-order valence-electron chi connectivity index (χ4n) is 2.28. The number of carbonyl (C=O) groups excluding carboxylic acids is 1. The van der Waals surface area contributed by atoms with Crippen molar-refractivity contribution in [2.45, 2.75) is 31.9 Å². The van der Waals surface area contributed by atoms with Gasteiger partial charge < -0.3 is 10.1 Å². The van der Waals surface area contributed by atoms with Crippen molar-refractivity contribution in [3.63, 3.8) is 0 Å². The zero-order valence-electron chi connectivity index (χ0n) is 12.8. The van der Waals surface area contributed by atoms with Crippen LogP contribution in [0.25, 0.3) is 0 Å². The number of halogens is 1. The van der Waals surface area contributed by atoms with Gasteiger partial charge in [-0.2, -0.15) is 0 Å². The second kappa shape index (κ2) is 8.37. The van der Waals surface area contributed by atoms with Crippen LogP contribution in [0.1, 0.15) is 24.8 Å². The maximum Gasteiger partial charge on any atom is 0.222 e. The Bertz CT molecular complexity index is 613. The van der Waals surface area contributed by atoms with Crippen molar-refractivity contribution < 1.29 is 22.3 Å². The SMILES string of the molecule is O=C(C[C@@H]1CCCO1)NCCS(=O)(=O)NCc1ccc(F)cc1. The van der Waals surface area contributed by atoms with Crippen LogP contribution in [-0.4, -0.2) is 39.3 Å². The summed E-state index contributed by atoms with van der Waals surface area (Å²) < 4.78 is 44.2. The fourth-order valence-corrected chi connectivity index (χ4v) is 3.18. The molecule has 0 unspecified atom stereocenters. The minimum absolute atomic E-state index is 0.0459. The molecule has 2 rings (SSSR count). The average Bonchev–Trinajstić information content (AvgIpc) is 2.99. The fraction of sp³-hybridized carbons (Fsp3) is 0.533. The van der Waals surface area contributed by atoms with E-state index < -0.39 is 10.0 Å². The lowest BCUT2D eigenvalue weighted by atomic mass is 10.2. The molecular formula is C15H21FN2O4S. The number of amides is 1. The Morgan fingerprint density at radius 2 is 2.04 bits per heavy atom. The van der Waals surface area contributed by atoms with E-state index in [4.69, 9.17) is 4.74 Å². The van der Waals surface area contributed by atoms with Gasteiger partial charge in [0, 0.05) is 19.7 Å². The maximum atomic E-state index is 12.8. The summed E-state index contributed by atoms with van der Waals surface area (Å²) in [6.07, 6.45) is 2.04. The van der Waals surface area contributed by atoms with E-state index in [1.807, 2.05) is 0 Å². The van der Waals surface area contributed by atoms with E-state index in [2.05, 4.69) is 10.0 Å². The van der Waals surface area contributed by atoms with Gasteiger partial charge in [-0.05, 0) is 30.5 Å². The van der Waals surface area contributed by atoms with Gasteiger partial charge in [0.2, 0.25) is 15.9 Å². The van der Waals surface area contributed by atoms with Gasteiger partial charge in [-0.3, -0.25) is 4.79 Å². The lowest BCUT2D eigenvalue weighted by Gasteiger charge is -2.10. The van der Waals surface area contributed by atoms with Crippen LogP contribution >= 0.6 is 0 Å². The Kier molecular flexibility index (Phi) is 6.49. The molecule has 0 aromatic heterocycles. The molecule has 1 amide bonds. The number of ether oxygens (including phenoxy) is 1. The zero-order valence-corrected chi connectivity index (χ0v) is 13.6. The Labute approximate surface area is 135 Å². The summed E-state index contributed by atoms with van der Waals surface area (Å²) in [5.74, 6) is -0.776. The zero-order chi connectivity index (χ0) is 16.7. The lowest BCUT2D eigenvalue weighted by molar-refractivity contribution is -0.123. The maximum absolute atomic E-state index is 12.8. The van der Waals surface area contributed by atoms with E-state index in [1.54, 1.807) is 0 Å². The third-order valence-electron chi connectivity index (χ3n) is 3.54. The first-order chi connectivity index (χ1) is 10.9. The molecule has 1 aromatic rings. The summed E-state index contributed by atoms with van der Waals surface area (Å²) in [7, 11) is -3.50. The molecule has 0 radical (unpaired) electrons. The Balaban J connectivity index is 1.66. The number of hydrogen-bond acceptors (Lipinski definition) is 4. The van der Waals surface area contributed by atoms with E-state index in [9.17, 15) is 17.6 Å². The number of rotatable bonds is 8. The number of hydrogen-bond donors (Lipinski definition) is 2. The summed E-state index contributed by atoms with van der Waals surface area (Å²) >= 11 is 0. The number of carbonyl (C=O) groups is 1. The second-order valence-corrected chi connectivity index (χ2v) is 7.38. The molecular weight excluding hydrogens is 323 g/mol. The molecule has 128 valence electrons.